The van der Waals surface area contributed by atoms with Crippen LogP contribution in [0.4, 0.5) is 11.9 Å². The van der Waals surface area contributed by atoms with Crippen molar-refractivity contribution < 1.29 is 9.68 Å². The predicted octanol–water partition coefficient (Wildman–Crippen LogP) is 10.8. The summed E-state index contributed by atoms with van der Waals surface area (Å²) >= 11 is 6.33. The first-order chi connectivity index (χ1) is 24.2. The van der Waals surface area contributed by atoms with E-state index in [4.69, 9.17) is 21.3 Å². The van der Waals surface area contributed by atoms with E-state index >= 15 is 0 Å². The molecule has 0 amide bonds. The Hall–Kier alpha value is -1.26. The second kappa shape index (κ2) is 17.9. The highest BCUT2D eigenvalue weighted by molar-refractivity contribution is 6.28. The highest BCUT2D eigenvalue weighted by atomic mass is 35.5. The van der Waals surface area contributed by atoms with Crippen molar-refractivity contribution in [2.75, 3.05) is 23.7 Å². The predicted molar refractivity (Wildman–Crippen MR) is 211 cm³/mol. The molecule has 5 rings (SSSR count). The molecule has 4 fully saturated rings. The number of anilines is 2. The summed E-state index contributed by atoms with van der Waals surface area (Å²) in [5, 5.41) is 11.9. The number of halogens is 1. The molecule has 51 heavy (non-hydrogen) atoms. The zero-order valence-electron chi connectivity index (χ0n) is 33.8. The molecule has 2 aliphatic heterocycles. The number of hydroxylamine groups is 4. The Bertz CT molecular complexity index is 1130. The van der Waals surface area contributed by atoms with Crippen molar-refractivity contribution in [1.82, 2.24) is 25.1 Å². The van der Waals surface area contributed by atoms with Crippen molar-refractivity contribution in [1.29, 1.82) is 0 Å². The SMILES string of the molecule is CC1(C)CCC(CCCCNc2nc(Cl)nc(NCCCCC3CCC(C)(C)N(OC4CCCCC4)C3(C)C)n2)C(C)(C)N1OC1CCCCC1. The molecule has 0 aromatic carbocycles. The van der Waals surface area contributed by atoms with Crippen molar-refractivity contribution in [2.45, 2.75) is 218 Å². The highest BCUT2D eigenvalue weighted by Crippen LogP contribution is 2.46. The number of rotatable bonds is 16. The Morgan fingerprint density at radius 3 is 1.35 bits per heavy atom. The summed E-state index contributed by atoms with van der Waals surface area (Å²) in [6, 6.07) is 0. The summed E-state index contributed by atoms with van der Waals surface area (Å²) in [4.78, 5) is 26.9. The number of unbranched alkanes of at least 4 members (excludes halogenated alkanes) is 2. The lowest BCUT2D eigenvalue weighted by atomic mass is 9.72. The van der Waals surface area contributed by atoms with E-state index in [2.05, 4.69) is 91.1 Å². The van der Waals surface area contributed by atoms with E-state index in [0.29, 0.717) is 35.9 Å². The molecule has 2 saturated carbocycles. The molecule has 292 valence electrons. The van der Waals surface area contributed by atoms with Gasteiger partial charge in [-0.3, -0.25) is 9.68 Å². The third kappa shape index (κ3) is 10.9. The van der Waals surface area contributed by atoms with Gasteiger partial charge < -0.3 is 10.6 Å². The molecular weight excluding hydrogens is 658 g/mol. The highest BCUT2D eigenvalue weighted by Gasteiger charge is 2.50. The van der Waals surface area contributed by atoms with Crippen LogP contribution in [0.5, 0.6) is 0 Å². The topological polar surface area (TPSA) is 87.7 Å². The van der Waals surface area contributed by atoms with Crippen molar-refractivity contribution in [2.24, 2.45) is 11.8 Å². The van der Waals surface area contributed by atoms with Crippen LogP contribution in [0.25, 0.3) is 0 Å². The Morgan fingerprint density at radius 2 is 0.961 bits per heavy atom. The van der Waals surface area contributed by atoms with Gasteiger partial charge in [-0.2, -0.15) is 25.1 Å². The summed E-state index contributed by atoms with van der Waals surface area (Å²) in [7, 11) is 0. The maximum absolute atomic E-state index is 6.79. The summed E-state index contributed by atoms with van der Waals surface area (Å²) < 4.78 is 0. The molecule has 3 heterocycles. The fourth-order valence-corrected chi connectivity index (χ4v) is 10.1. The molecule has 9 nitrogen and oxygen atoms in total. The van der Waals surface area contributed by atoms with Gasteiger partial charge in [-0.25, -0.2) is 0 Å². The number of hydrogen-bond donors (Lipinski definition) is 2. The zero-order chi connectivity index (χ0) is 36.7. The quantitative estimate of drug-likeness (QED) is 0.161. The molecule has 0 spiro atoms. The van der Waals surface area contributed by atoms with E-state index in [1.807, 2.05) is 0 Å². The van der Waals surface area contributed by atoms with Crippen molar-refractivity contribution in [3.05, 3.63) is 5.28 Å². The molecule has 10 heteroatoms. The van der Waals surface area contributed by atoms with Crippen LogP contribution in [0.2, 0.25) is 5.28 Å². The summed E-state index contributed by atoms with van der Waals surface area (Å²) in [6.07, 6.45) is 25.1. The maximum atomic E-state index is 6.79. The first kappa shape index (κ1) is 40.9. The lowest BCUT2D eigenvalue weighted by molar-refractivity contribution is -0.320. The molecule has 1 aromatic rings. The van der Waals surface area contributed by atoms with Gasteiger partial charge in [0.1, 0.15) is 0 Å². The third-order valence-corrected chi connectivity index (χ3v) is 13.3. The van der Waals surface area contributed by atoms with Gasteiger partial charge in [-0.05, 0) is 156 Å². The monoisotopic (exact) mass is 732 g/mol. The van der Waals surface area contributed by atoms with Gasteiger partial charge in [0, 0.05) is 35.2 Å². The molecule has 2 atom stereocenters. The minimum atomic E-state index is 0.0156. The Morgan fingerprint density at radius 1 is 0.569 bits per heavy atom. The molecule has 0 bridgehead atoms. The van der Waals surface area contributed by atoms with Gasteiger partial charge in [0.2, 0.25) is 17.2 Å². The second-order valence-corrected chi connectivity index (χ2v) is 19.2. The average Bonchev–Trinajstić information content (AvgIpc) is 3.07. The number of aromatic nitrogens is 3. The van der Waals surface area contributed by atoms with E-state index in [1.165, 1.54) is 103 Å². The van der Waals surface area contributed by atoms with Crippen molar-refractivity contribution in [3.63, 3.8) is 0 Å². The minimum Gasteiger partial charge on any atom is -0.354 e. The zero-order valence-corrected chi connectivity index (χ0v) is 34.6. The minimum absolute atomic E-state index is 0.0156. The standard InChI is InChI=1S/C41H74ClN7O2/c1-38(2)27-25-31(40(5,6)48(38)50-33-21-11-9-12-22-33)19-15-17-29-43-36-45-35(42)46-37(47-36)44-30-18-16-20-32-26-28-39(3,4)49(41(32,7)8)51-34-23-13-10-14-24-34/h31-34H,9-30H2,1-8H3,(H2,43,44,45,46,47). The first-order valence-corrected chi connectivity index (χ1v) is 21.4. The first-order valence-electron chi connectivity index (χ1n) is 21.0. The molecule has 0 radical (unpaired) electrons. The van der Waals surface area contributed by atoms with Gasteiger partial charge in [-0.15, -0.1) is 0 Å². The molecule has 2 aliphatic carbocycles. The lowest BCUT2D eigenvalue weighted by Crippen LogP contribution is -2.63. The van der Waals surface area contributed by atoms with Gasteiger partial charge in [0.05, 0.1) is 12.2 Å². The van der Waals surface area contributed by atoms with Crippen molar-refractivity contribution >= 4 is 23.5 Å². The van der Waals surface area contributed by atoms with E-state index in [-0.39, 0.29) is 27.4 Å². The fraction of sp³-hybridized carbons (Fsp3) is 0.927. The van der Waals surface area contributed by atoms with Crippen molar-refractivity contribution in [3.8, 4) is 0 Å². The Labute approximate surface area is 316 Å². The van der Waals surface area contributed by atoms with Crippen LogP contribution in [0.1, 0.15) is 184 Å². The van der Waals surface area contributed by atoms with Crippen LogP contribution in [0, 0.1) is 11.8 Å². The van der Waals surface area contributed by atoms with E-state index in [1.54, 1.807) is 0 Å². The number of piperidine rings is 2. The van der Waals surface area contributed by atoms with Crippen LogP contribution >= 0.6 is 11.6 Å². The number of nitrogens with zero attached hydrogens (tertiary/aromatic N) is 5. The van der Waals surface area contributed by atoms with E-state index in [9.17, 15) is 0 Å². The van der Waals surface area contributed by atoms with Crippen LogP contribution in [0.15, 0.2) is 0 Å². The average molecular weight is 733 g/mol. The lowest BCUT2D eigenvalue weighted by Gasteiger charge is -2.56. The Balaban J connectivity index is 1.02. The maximum Gasteiger partial charge on any atom is 0.228 e. The van der Waals surface area contributed by atoms with E-state index < -0.39 is 0 Å². The summed E-state index contributed by atoms with van der Waals surface area (Å²) in [5.41, 5.74) is 0.165. The largest absolute Gasteiger partial charge is 0.354 e. The number of nitrogens with one attached hydrogen (secondary N) is 2. The van der Waals surface area contributed by atoms with Crippen LogP contribution < -0.4 is 10.6 Å². The summed E-state index contributed by atoms with van der Waals surface area (Å²) in [6.45, 7) is 20.7. The van der Waals surface area contributed by atoms with Crippen LogP contribution in [-0.4, -0.2) is 72.5 Å². The van der Waals surface area contributed by atoms with Gasteiger partial charge in [0.15, 0.2) is 0 Å². The van der Waals surface area contributed by atoms with Crippen LogP contribution in [-0.2, 0) is 9.68 Å². The fourth-order valence-electron chi connectivity index (χ4n) is 9.99. The molecular formula is C41H74ClN7O2. The van der Waals surface area contributed by atoms with E-state index in [0.717, 1.165) is 38.8 Å². The smallest absolute Gasteiger partial charge is 0.228 e. The molecule has 2 N–H and O–H groups in total. The normalized spacial score (nSPS) is 27.3. The Kier molecular flexibility index (Phi) is 14.4. The molecule has 4 aliphatic rings. The number of hydrogen-bond acceptors (Lipinski definition) is 9. The molecule has 2 unspecified atom stereocenters. The van der Waals surface area contributed by atoms with Gasteiger partial charge >= 0.3 is 0 Å². The van der Waals surface area contributed by atoms with Crippen LogP contribution in [0.3, 0.4) is 0 Å². The summed E-state index contributed by atoms with van der Waals surface area (Å²) in [5.74, 6) is 2.32. The molecule has 2 saturated heterocycles. The van der Waals surface area contributed by atoms with Gasteiger partial charge in [-0.1, -0.05) is 51.4 Å². The molecule has 1 aromatic heterocycles. The third-order valence-electron chi connectivity index (χ3n) is 13.1. The second-order valence-electron chi connectivity index (χ2n) is 18.8. The van der Waals surface area contributed by atoms with Gasteiger partial charge in [0.25, 0.3) is 0 Å².